The second kappa shape index (κ2) is 13.0. The van der Waals surface area contributed by atoms with Gasteiger partial charge in [0.25, 0.3) is 0 Å². The lowest BCUT2D eigenvalue weighted by Gasteiger charge is -2.35. The fourth-order valence-electron chi connectivity index (χ4n) is 4.76. The number of hydrogen-bond donors (Lipinski definition) is 3. The van der Waals surface area contributed by atoms with Crippen molar-refractivity contribution in [2.75, 3.05) is 18.9 Å². The summed E-state index contributed by atoms with van der Waals surface area (Å²) in [4.78, 5) is 21.3. The van der Waals surface area contributed by atoms with Gasteiger partial charge in [0.05, 0.1) is 29.2 Å². The van der Waals surface area contributed by atoms with Crippen LogP contribution in [0.15, 0.2) is 54.6 Å². The molecule has 1 amide bonds. The third kappa shape index (κ3) is 6.87. The van der Waals surface area contributed by atoms with Crippen molar-refractivity contribution in [3.8, 4) is 5.75 Å². The molecule has 41 heavy (non-hydrogen) atoms. The molecule has 4 aromatic rings. The van der Waals surface area contributed by atoms with E-state index in [0.717, 1.165) is 29.3 Å². The number of nitrogen functional groups attached to an aromatic ring is 1. The lowest BCUT2D eigenvalue weighted by Crippen LogP contribution is -2.41. The number of rotatable bonds is 15. The van der Waals surface area contributed by atoms with Gasteiger partial charge in [-0.25, -0.2) is 14.5 Å². The van der Waals surface area contributed by atoms with Gasteiger partial charge in [0.2, 0.25) is 5.91 Å². The number of imidazole rings is 1. The number of amides is 1. The minimum absolute atomic E-state index is 0.0449. The molecule has 3 atom stereocenters. The Balaban J connectivity index is 1.84. The normalized spacial score (nSPS) is 15.4. The van der Waals surface area contributed by atoms with Gasteiger partial charge < -0.3 is 25.3 Å². The summed E-state index contributed by atoms with van der Waals surface area (Å²) in [6, 6.07) is 15.4. The van der Waals surface area contributed by atoms with Crippen molar-refractivity contribution < 1.29 is 23.1 Å². The zero-order valence-corrected chi connectivity index (χ0v) is 24.9. The minimum Gasteiger partial charge on any atom is -0.413 e. The van der Waals surface area contributed by atoms with Crippen molar-refractivity contribution in [3.63, 3.8) is 0 Å². The number of carbonyl (C=O) groups is 1. The zero-order valence-electron chi connectivity index (χ0n) is 24.0. The lowest BCUT2D eigenvalue weighted by molar-refractivity contribution is -0.119. The number of nitrogens with one attached hydrogen (secondary N) is 1. The second-order valence-electron chi connectivity index (χ2n) is 10.2. The summed E-state index contributed by atoms with van der Waals surface area (Å²) in [5, 5.41) is 3.57. The van der Waals surface area contributed by atoms with Gasteiger partial charge >= 0.3 is 7.75 Å². The molecule has 0 saturated carbocycles. The van der Waals surface area contributed by atoms with E-state index in [1.165, 1.54) is 6.92 Å². The summed E-state index contributed by atoms with van der Waals surface area (Å²) in [6.45, 7) is 8.23. The zero-order chi connectivity index (χ0) is 29.6. The Labute approximate surface area is 240 Å². The van der Waals surface area contributed by atoms with Gasteiger partial charge in [-0.15, -0.1) is 0 Å². The molecule has 12 heteroatoms. The molecule has 2 aromatic heterocycles. The highest BCUT2D eigenvalue weighted by molar-refractivity contribution is 7.52. The molecular formula is C29H39N6O5P. The van der Waals surface area contributed by atoms with Gasteiger partial charge in [-0.05, 0) is 45.4 Å². The standard InChI is InChI=1S/C29H39N6O5P/c1-5-7-17-29(4,19-39-41(37,34-20(3)28(31)36)40-21-13-9-8-10-14-21)35-24(18-38-6-2)33-25-26(35)22-15-11-12-16-23(22)32-27(25)30/h8-16,20H,5-7,17-19H2,1-4H3,(H2,30,32)(H2,31,36)(H,34,37)/t20-,29-,41-/m0/s1. The average molecular weight is 583 g/mol. The summed E-state index contributed by atoms with van der Waals surface area (Å²) >= 11 is 0. The smallest absolute Gasteiger partial charge is 0.413 e. The number of pyridine rings is 1. The molecule has 5 N–H and O–H groups in total. The highest BCUT2D eigenvalue weighted by Crippen LogP contribution is 2.47. The number of para-hydroxylation sites is 2. The predicted octanol–water partition coefficient (Wildman–Crippen LogP) is 5.28. The summed E-state index contributed by atoms with van der Waals surface area (Å²) < 4.78 is 34.0. The third-order valence-corrected chi connectivity index (χ3v) is 8.55. The molecule has 2 aromatic carbocycles. The molecule has 4 rings (SSSR count). The van der Waals surface area contributed by atoms with Crippen LogP contribution in [0.4, 0.5) is 5.82 Å². The van der Waals surface area contributed by atoms with E-state index >= 15 is 0 Å². The SMILES string of the molecule is CCCC[C@@](C)(CO[P@@](=O)(N[C@@H](C)C(N)=O)Oc1ccccc1)n1c(COCC)nc2c(N)nc3ccccc3c21. The first-order chi connectivity index (χ1) is 19.6. The molecular weight excluding hydrogens is 543 g/mol. The van der Waals surface area contributed by atoms with Crippen LogP contribution in [-0.2, 0) is 30.8 Å². The van der Waals surface area contributed by atoms with Crippen LogP contribution in [-0.4, -0.2) is 39.7 Å². The van der Waals surface area contributed by atoms with Gasteiger partial charge in [0.1, 0.15) is 23.7 Å². The Hall–Kier alpha value is -3.50. The Bertz CT molecular complexity index is 1550. The monoisotopic (exact) mass is 582 g/mol. The van der Waals surface area contributed by atoms with Gasteiger partial charge in [-0.1, -0.05) is 56.2 Å². The summed E-state index contributed by atoms with van der Waals surface area (Å²) in [6.07, 6.45) is 2.42. The first-order valence-electron chi connectivity index (χ1n) is 13.8. The molecule has 0 unspecified atom stereocenters. The van der Waals surface area contributed by atoms with Gasteiger partial charge in [0.15, 0.2) is 5.82 Å². The van der Waals surface area contributed by atoms with Crippen molar-refractivity contribution in [1.29, 1.82) is 0 Å². The predicted molar refractivity (Wildman–Crippen MR) is 160 cm³/mol. The van der Waals surface area contributed by atoms with Crippen LogP contribution < -0.4 is 21.1 Å². The number of nitrogens with zero attached hydrogens (tertiary/aromatic N) is 3. The van der Waals surface area contributed by atoms with Crippen molar-refractivity contribution in [1.82, 2.24) is 19.6 Å². The number of ether oxygens (including phenoxy) is 1. The fraction of sp³-hybridized carbons (Fsp3) is 0.414. The quantitative estimate of drug-likeness (QED) is 0.159. The van der Waals surface area contributed by atoms with E-state index in [4.69, 9.17) is 30.2 Å². The van der Waals surface area contributed by atoms with E-state index in [0.29, 0.717) is 35.9 Å². The minimum atomic E-state index is -4.09. The summed E-state index contributed by atoms with van der Waals surface area (Å²) in [7, 11) is -4.09. The Morgan fingerprint density at radius 3 is 2.51 bits per heavy atom. The number of anilines is 1. The molecule has 0 radical (unpaired) electrons. The molecule has 0 aliphatic heterocycles. The maximum Gasteiger partial charge on any atom is 0.459 e. The van der Waals surface area contributed by atoms with E-state index in [-0.39, 0.29) is 13.2 Å². The number of primary amides is 1. The molecule has 2 heterocycles. The van der Waals surface area contributed by atoms with Crippen LogP contribution >= 0.6 is 7.75 Å². The van der Waals surface area contributed by atoms with Crippen LogP contribution in [0.25, 0.3) is 21.9 Å². The highest BCUT2D eigenvalue weighted by Gasteiger charge is 2.38. The molecule has 0 spiro atoms. The topological polar surface area (TPSA) is 157 Å². The number of benzene rings is 2. The van der Waals surface area contributed by atoms with Crippen LogP contribution in [0.1, 0.15) is 52.8 Å². The first-order valence-corrected chi connectivity index (χ1v) is 15.3. The van der Waals surface area contributed by atoms with E-state index in [1.54, 1.807) is 24.3 Å². The van der Waals surface area contributed by atoms with E-state index in [2.05, 4.69) is 21.6 Å². The number of unbranched alkanes of at least 4 members (excludes halogenated alkanes) is 1. The molecule has 220 valence electrons. The van der Waals surface area contributed by atoms with Crippen molar-refractivity contribution >= 4 is 41.4 Å². The van der Waals surface area contributed by atoms with Crippen LogP contribution in [0.3, 0.4) is 0 Å². The fourth-order valence-corrected chi connectivity index (χ4v) is 6.39. The van der Waals surface area contributed by atoms with Gasteiger partial charge in [0, 0.05) is 12.0 Å². The van der Waals surface area contributed by atoms with Crippen molar-refractivity contribution in [2.24, 2.45) is 5.73 Å². The number of hydrogen-bond acceptors (Lipinski definition) is 8. The number of fused-ring (bicyclic) bond motifs is 3. The van der Waals surface area contributed by atoms with Crippen LogP contribution in [0, 0.1) is 0 Å². The molecule has 0 aliphatic rings. The Kier molecular flexibility index (Phi) is 9.65. The highest BCUT2D eigenvalue weighted by atomic mass is 31.2. The largest absolute Gasteiger partial charge is 0.459 e. The van der Waals surface area contributed by atoms with Gasteiger partial charge in [-0.2, -0.15) is 5.09 Å². The number of nitrogens with two attached hydrogens (primary N) is 2. The average Bonchev–Trinajstić information content (AvgIpc) is 3.36. The van der Waals surface area contributed by atoms with Crippen molar-refractivity contribution in [2.45, 2.75) is 65.1 Å². The number of aromatic nitrogens is 3. The first kappa shape index (κ1) is 30.5. The van der Waals surface area contributed by atoms with Crippen molar-refractivity contribution in [3.05, 3.63) is 60.4 Å². The Morgan fingerprint density at radius 1 is 1.12 bits per heavy atom. The summed E-state index contributed by atoms with van der Waals surface area (Å²) in [5.74, 6) is 0.591. The molecule has 0 bridgehead atoms. The van der Waals surface area contributed by atoms with E-state index in [1.807, 2.05) is 44.2 Å². The van der Waals surface area contributed by atoms with E-state index < -0.39 is 25.2 Å². The summed E-state index contributed by atoms with van der Waals surface area (Å²) in [5.41, 5.74) is 13.2. The maximum atomic E-state index is 14.1. The van der Waals surface area contributed by atoms with E-state index in [9.17, 15) is 9.36 Å². The Morgan fingerprint density at radius 2 is 1.83 bits per heavy atom. The molecule has 0 aliphatic carbocycles. The molecule has 11 nitrogen and oxygen atoms in total. The molecule has 0 fully saturated rings. The van der Waals surface area contributed by atoms with Gasteiger partial charge in [-0.3, -0.25) is 9.32 Å². The third-order valence-electron chi connectivity index (χ3n) is 6.93. The number of carbonyl (C=O) groups excluding carboxylic acids is 1. The van der Waals surface area contributed by atoms with Crippen LogP contribution in [0.2, 0.25) is 0 Å². The lowest BCUT2D eigenvalue weighted by atomic mass is 9.94. The maximum absolute atomic E-state index is 14.1. The van der Waals surface area contributed by atoms with Crippen LogP contribution in [0.5, 0.6) is 5.75 Å². The second-order valence-corrected chi connectivity index (χ2v) is 11.9. The molecule has 0 saturated heterocycles.